The van der Waals surface area contributed by atoms with Crippen LogP contribution in [0.3, 0.4) is 0 Å². The number of carbonyl (C=O) groups is 1. The van der Waals surface area contributed by atoms with Gasteiger partial charge in [-0.1, -0.05) is 4.49 Å². The summed E-state index contributed by atoms with van der Waals surface area (Å²) >= 11 is 3.07. The quantitative estimate of drug-likeness (QED) is 0.470. The Balaban J connectivity index is 1.27. The van der Waals surface area contributed by atoms with E-state index in [1.807, 2.05) is 36.9 Å². The number of carbonyl (C=O) groups excluding carboxylic acids is 1. The summed E-state index contributed by atoms with van der Waals surface area (Å²) in [5.41, 5.74) is 3.13. The van der Waals surface area contributed by atoms with Crippen LogP contribution in [0.25, 0.3) is 20.4 Å². The van der Waals surface area contributed by atoms with Crippen molar-refractivity contribution in [2.45, 2.75) is 45.3 Å². The molecule has 0 radical (unpaired) electrons. The Labute approximate surface area is 199 Å². The van der Waals surface area contributed by atoms with Crippen molar-refractivity contribution in [1.29, 1.82) is 0 Å². The van der Waals surface area contributed by atoms with Gasteiger partial charge in [-0.05, 0) is 68.4 Å². The molecular weight excluding hydrogens is 456 g/mol. The molecule has 1 aliphatic heterocycles. The predicted molar refractivity (Wildman–Crippen MR) is 130 cm³/mol. The maximum Gasteiger partial charge on any atom is 0.226 e. The molecule has 1 fully saturated rings. The molecule has 33 heavy (non-hydrogen) atoms. The van der Waals surface area contributed by atoms with Crippen LogP contribution < -0.4 is 5.32 Å². The molecule has 6 rings (SSSR count). The monoisotopic (exact) mass is 480 g/mol. The van der Waals surface area contributed by atoms with E-state index in [0.29, 0.717) is 13.1 Å². The molecule has 1 amide bonds. The van der Waals surface area contributed by atoms with Gasteiger partial charge in [0.05, 0.1) is 22.3 Å². The third-order valence-corrected chi connectivity index (χ3v) is 8.29. The van der Waals surface area contributed by atoms with E-state index >= 15 is 0 Å². The van der Waals surface area contributed by atoms with Crippen LogP contribution in [0, 0.1) is 5.92 Å². The smallest absolute Gasteiger partial charge is 0.226 e. The molecule has 0 bridgehead atoms. The van der Waals surface area contributed by atoms with E-state index in [0.717, 1.165) is 51.2 Å². The first kappa shape index (κ1) is 20.9. The van der Waals surface area contributed by atoms with Gasteiger partial charge in [-0.3, -0.25) is 4.79 Å². The fourth-order valence-corrected chi connectivity index (χ4v) is 6.89. The summed E-state index contributed by atoms with van der Waals surface area (Å²) in [4.78, 5) is 26.6. The number of fused-ring (bicyclic) bond motifs is 4. The first-order valence-corrected chi connectivity index (χ1v) is 12.8. The lowest BCUT2D eigenvalue weighted by molar-refractivity contribution is -0.147. The number of morpholine rings is 1. The Morgan fingerprint density at radius 1 is 1.21 bits per heavy atom. The number of rotatable bonds is 3. The summed E-state index contributed by atoms with van der Waals surface area (Å²) in [6.45, 7) is 5.44. The number of benzene rings is 1. The summed E-state index contributed by atoms with van der Waals surface area (Å²) < 4.78 is 10.9. The van der Waals surface area contributed by atoms with Gasteiger partial charge in [-0.25, -0.2) is 9.97 Å². The molecule has 3 aromatic heterocycles. The number of amides is 1. The lowest BCUT2D eigenvalue weighted by Gasteiger charge is -2.37. The zero-order valence-corrected chi connectivity index (χ0v) is 20.1. The Bertz CT molecular complexity index is 1340. The van der Waals surface area contributed by atoms with Gasteiger partial charge >= 0.3 is 0 Å². The lowest BCUT2D eigenvalue weighted by atomic mass is 9.86. The van der Waals surface area contributed by atoms with E-state index in [2.05, 4.69) is 24.9 Å². The van der Waals surface area contributed by atoms with Crippen molar-refractivity contribution >= 4 is 60.7 Å². The van der Waals surface area contributed by atoms with E-state index in [9.17, 15) is 4.79 Å². The number of ether oxygens (including phenoxy) is 1. The Kier molecular flexibility index (Phi) is 5.23. The highest BCUT2D eigenvalue weighted by Crippen LogP contribution is 2.41. The second-order valence-electron chi connectivity index (χ2n) is 8.93. The average Bonchev–Trinajstić information content (AvgIpc) is 3.41. The average molecular weight is 481 g/mol. The van der Waals surface area contributed by atoms with Crippen LogP contribution in [0.4, 0.5) is 11.5 Å². The number of nitrogens with one attached hydrogen (secondary N) is 1. The number of anilines is 2. The maximum absolute atomic E-state index is 13.3. The molecule has 0 spiro atoms. The second-order valence-corrected chi connectivity index (χ2v) is 10.8. The van der Waals surface area contributed by atoms with Crippen molar-refractivity contribution in [3.8, 4) is 0 Å². The van der Waals surface area contributed by atoms with Crippen LogP contribution in [0.15, 0.2) is 24.5 Å². The minimum atomic E-state index is 0.0219. The zero-order chi connectivity index (χ0) is 22.5. The largest absolute Gasteiger partial charge is 0.372 e. The van der Waals surface area contributed by atoms with Crippen LogP contribution in [0.2, 0.25) is 0 Å². The summed E-state index contributed by atoms with van der Waals surface area (Å²) in [6.07, 6.45) is 4.27. The fourth-order valence-electron chi connectivity index (χ4n) is 5.02. The van der Waals surface area contributed by atoms with Gasteiger partial charge in [0.25, 0.3) is 0 Å². The van der Waals surface area contributed by atoms with E-state index in [1.54, 1.807) is 17.7 Å². The third-order valence-electron chi connectivity index (χ3n) is 6.44. The van der Waals surface area contributed by atoms with Gasteiger partial charge in [-0.15, -0.1) is 16.4 Å². The van der Waals surface area contributed by atoms with Crippen LogP contribution in [-0.2, 0) is 22.4 Å². The number of thiophene rings is 1. The molecule has 10 heteroatoms. The molecule has 0 saturated carbocycles. The highest BCUT2D eigenvalue weighted by Gasteiger charge is 2.34. The van der Waals surface area contributed by atoms with Crippen molar-refractivity contribution in [2.24, 2.45) is 5.92 Å². The Morgan fingerprint density at radius 3 is 2.91 bits per heavy atom. The molecule has 3 atom stereocenters. The number of aromatic nitrogens is 4. The molecular formula is C23H24N6O2S2. The first-order chi connectivity index (χ1) is 16.0. The van der Waals surface area contributed by atoms with Gasteiger partial charge in [0.1, 0.15) is 22.5 Å². The van der Waals surface area contributed by atoms with Crippen LogP contribution in [-0.4, -0.2) is 55.7 Å². The molecule has 1 saturated heterocycles. The van der Waals surface area contributed by atoms with Gasteiger partial charge in [0.2, 0.25) is 5.91 Å². The van der Waals surface area contributed by atoms with Crippen molar-refractivity contribution in [2.75, 3.05) is 18.4 Å². The van der Waals surface area contributed by atoms with Crippen molar-refractivity contribution < 1.29 is 9.53 Å². The lowest BCUT2D eigenvalue weighted by Crippen LogP contribution is -2.50. The molecule has 170 valence electrons. The second kappa shape index (κ2) is 8.27. The van der Waals surface area contributed by atoms with E-state index in [4.69, 9.17) is 4.74 Å². The zero-order valence-electron chi connectivity index (χ0n) is 18.4. The minimum absolute atomic E-state index is 0.0219. The first-order valence-electron chi connectivity index (χ1n) is 11.2. The van der Waals surface area contributed by atoms with Crippen molar-refractivity contribution in [3.63, 3.8) is 0 Å². The molecule has 4 aromatic rings. The molecule has 1 aromatic carbocycles. The molecule has 1 aliphatic carbocycles. The van der Waals surface area contributed by atoms with Gasteiger partial charge in [-0.2, -0.15) is 0 Å². The molecule has 0 unspecified atom stereocenters. The molecule has 8 nitrogen and oxygen atoms in total. The minimum Gasteiger partial charge on any atom is -0.372 e. The predicted octanol–water partition coefficient (Wildman–Crippen LogP) is 4.18. The highest BCUT2D eigenvalue weighted by molar-refractivity contribution is 7.19. The van der Waals surface area contributed by atoms with E-state index in [1.165, 1.54) is 22.0 Å². The number of nitrogens with zero attached hydrogens (tertiary/aromatic N) is 5. The fraction of sp³-hybridized carbons (Fsp3) is 0.435. The summed E-state index contributed by atoms with van der Waals surface area (Å²) in [6, 6.07) is 6.01. The van der Waals surface area contributed by atoms with E-state index in [-0.39, 0.29) is 24.0 Å². The molecule has 4 heterocycles. The van der Waals surface area contributed by atoms with Crippen LogP contribution in [0.1, 0.15) is 30.7 Å². The third kappa shape index (κ3) is 3.85. The van der Waals surface area contributed by atoms with Crippen LogP contribution in [0.5, 0.6) is 0 Å². The number of aryl methyl sites for hydroxylation is 1. The van der Waals surface area contributed by atoms with Gasteiger partial charge in [0.15, 0.2) is 0 Å². The van der Waals surface area contributed by atoms with Crippen molar-refractivity contribution in [3.05, 3.63) is 35.0 Å². The van der Waals surface area contributed by atoms with Gasteiger partial charge in [0, 0.05) is 29.6 Å². The number of hydrogen-bond donors (Lipinski definition) is 1. The topological polar surface area (TPSA) is 93.1 Å². The van der Waals surface area contributed by atoms with Crippen LogP contribution >= 0.6 is 22.9 Å². The maximum atomic E-state index is 13.3. The summed E-state index contributed by atoms with van der Waals surface area (Å²) in [5, 5.41) is 8.67. The van der Waals surface area contributed by atoms with Gasteiger partial charge < -0.3 is 15.0 Å². The standard InChI is InChI=1S/C23H24N6O2S2/c1-12-9-29(10-13(2)31-12)23(30)14-3-5-16-18(7-14)32-22-20(16)21(24-11-25-22)26-15-4-6-17-19(8-15)33-28-27-17/h4,6,8,11-14H,3,5,7,9-10H2,1-2H3,(H,24,25,26)/t12-,13-,14+/m1/s1. The Hall–Kier alpha value is -2.69. The number of hydrogen-bond acceptors (Lipinski definition) is 9. The highest BCUT2D eigenvalue weighted by atomic mass is 32.1. The SMILES string of the molecule is C[C@@H]1CN(C(=O)[C@H]2CCc3c(sc4ncnc(Nc5ccc6nnsc6c5)c34)C2)C[C@@H](C)O1. The molecule has 1 N–H and O–H groups in total. The normalized spacial score (nSPS) is 23.1. The Morgan fingerprint density at radius 2 is 2.06 bits per heavy atom. The van der Waals surface area contributed by atoms with E-state index < -0.39 is 0 Å². The summed E-state index contributed by atoms with van der Waals surface area (Å²) in [5.74, 6) is 1.10. The van der Waals surface area contributed by atoms with Crippen molar-refractivity contribution in [1.82, 2.24) is 24.5 Å². The summed E-state index contributed by atoms with van der Waals surface area (Å²) in [7, 11) is 0. The molecule has 2 aliphatic rings.